The Morgan fingerprint density at radius 3 is 2.83 bits per heavy atom. The number of aromatic nitrogens is 2. The van der Waals surface area contributed by atoms with Gasteiger partial charge in [0, 0.05) is 6.54 Å². The first-order valence-electron chi connectivity index (χ1n) is 6.32. The van der Waals surface area contributed by atoms with Crippen LogP contribution >= 0.6 is 0 Å². The summed E-state index contributed by atoms with van der Waals surface area (Å²) in [6.07, 6.45) is 1.00. The Balaban J connectivity index is 2.62. The summed E-state index contributed by atoms with van der Waals surface area (Å²) in [5.74, 6) is 0.656. The molecular formula is C14H18N2O2. The minimum absolute atomic E-state index is 0.277. The molecule has 2 aromatic rings. The third-order valence-electron chi connectivity index (χ3n) is 2.90. The fourth-order valence-electron chi connectivity index (χ4n) is 2.17. The lowest BCUT2D eigenvalue weighted by atomic mass is 10.2. The molecule has 0 aliphatic rings. The van der Waals surface area contributed by atoms with E-state index in [1.165, 1.54) is 0 Å². The summed E-state index contributed by atoms with van der Waals surface area (Å²) in [5.41, 5.74) is 2.34. The van der Waals surface area contributed by atoms with Gasteiger partial charge in [-0.3, -0.25) is 0 Å². The van der Waals surface area contributed by atoms with E-state index in [1.54, 1.807) is 6.07 Å². The Morgan fingerprint density at radius 1 is 1.39 bits per heavy atom. The summed E-state index contributed by atoms with van der Waals surface area (Å²) in [7, 11) is 0. The van der Waals surface area contributed by atoms with Gasteiger partial charge in [-0.2, -0.15) is 0 Å². The zero-order valence-electron chi connectivity index (χ0n) is 11.1. The van der Waals surface area contributed by atoms with Crippen molar-refractivity contribution >= 4 is 17.0 Å². The van der Waals surface area contributed by atoms with E-state index in [0.717, 1.165) is 29.8 Å². The van der Waals surface area contributed by atoms with E-state index in [9.17, 15) is 4.79 Å². The lowest BCUT2D eigenvalue weighted by Gasteiger charge is -2.08. The number of hydrogen-bond donors (Lipinski definition) is 0. The first-order chi connectivity index (χ1) is 8.69. The van der Waals surface area contributed by atoms with Crippen molar-refractivity contribution in [1.82, 2.24) is 9.55 Å². The molecule has 0 unspecified atom stereocenters. The van der Waals surface area contributed by atoms with E-state index in [4.69, 9.17) is 4.74 Å². The summed E-state index contributed by atoms with van der Waals surface area (Å²) in [4.78, 5) is 16.5. The SMILES string of the molecule is CCCn1c(C)nc2cccc(C(=O)OCC)c21. The summed E-state index contributed by atoms with van der Waals surface area (Å²) in [6.45, 7) is 7.13. The van der Waals surface area contributed by atoms with E-state index in [1.807, 2.05) is 26.0 Å². The van der Waals surface area contributed by atoms with Crippen LogP contribution in [-0.2, 0) is 11.3 Å². The Labute approximate surface area is 107 Å². The summed E-state index contributed by atoms with van der Waals surface area (Å²) in [5, 5.41) is 0. The van der Waals surface area contributed by atoms with Gasteiger partial charge >= 0.3 is 5.97 Å². The van der Waals surface area contributed by atoms with Crippen LogP contribution in [0.3, 0.4) is 0 Å². The molecule has 96 valence electrons. The Hall–Kier alpha value is -1.84. The molecule has 0 saturated carbocycles. The summed E-state index contributed by atoms with van der Waals surface area (Å²) < 4.78 is 7.18. The molecule has 0 aliphatic carbocycles. The minimum Gasteiger partial charge on any atom is -0.462 e. The van der Waals surface area contributed by atoms with Crippen LogP contribution in [0, 0.1) is 6.92 Å². The number of esters is 1. The largest absolute Gasteiger partial charge is 0.462 e. The van der Waals surface area contributed by atoms with Gasteiger partial charge in [0.15, 0.2) is 0 Å². The second kappa shape index (κ2) is 5.21. The van der Waals surface area contributed by atoms with Gasteiger partial charge in [0.25, 0.3) is 0 Å². The first-order valence-corrected chi connectivity index (χ1v) is 6.32. The highest BCUT2D eigenvalue weighted by atomic mass is 16.5. The quantitative estimate of drug-likeness (QED) is 0.779. The third-order valence-corrected chi connectivity index (χ3v) is 2.90. The molecule has 1 aromatic heterocycles. The number of imidazole rings is 1. The molecule has 2 rings (SSSR count). The molecule has 0 aliphatic heterocycles. The lowest BCUT2D eigenvalue weighted by Crippen LogP contribution is -2.08. The van der Waals surface area contributed by atoms with Crippen LogP contribution in [0.4, 0.5) is 0 Å². The van der Waals surface area contributed by atoms with Crippen molar-refractivity contribution in [3.8, 4) is 0 Å². The summed E-state index contributed by atoms with van der Waals surface area (Å²) >= 11 is 0. The molecule has 18 heavy (non-hydrogen) atoms. The van der Waals surface area contributed by atoms with Crippen LogP contribution in [0.1, 0.15) is 36.5 Å². The molecule has 1 aromatic carbocycles. The molecule has 0 spiro atoms. The number of carbonyl (C=O) groups excluding carboxylic acids is 1. The second-order valence-corrected chi connectivity index (χ2v) is 4.20. The molecule has 0 bridgehead atoms. The predicted molar refractivity (Wildman–Crippen MR) is 70.7 cm³/mol. The molecule has 0 fully saturated rings. The number of carbonyl (C=O) groups is 1. The number of hydrogen-bond acceptors (Lipinski definition) is 3. The molecule has 0 saturated heterocycles. The zero-order chi connectivity index (χ0) is 13.1. The molecule has 4 nitrogen and oxygen atoms in total. The first kappa shape index (κ1) is 12.6. The Morgan fingerprint density at radius 2 is 2.17 bits per heavy atom. The van der Waals surface area contributed by atoms with Crippen molar-refractivity contribution in [2.75, 3.05) is 6.61 Å². The summed E-state index contributed by atoms with van der Waals surface area (Å²) in [6, 6.07) is 5.57. The van der Waals surface area contributed by atoms with Gasteiger partial charge in [-0.1, -0.05) is 13.0 Å². The Kier molecular flexibility index (Phi) is 3.65. The van der Waals surface area contributed by atoms with Crippen LogP contribution in [0.25, 0.3) is 11.0 Å². The van der Waals surface area contributed by atoms with E-state index < -0.39 is 0 Å². The highest BCUT2D eigenvalue weighted by Gasteiger charge is 2.16. The van der Waals surface area contributed by atoms with Crippen LogP contribution in [0.2, 0.25) is 0 Å². The highest BCUT2D eigenvalue weighted by molar-refractivity contribution is 6.02. The fourth-order valence-corrected chi connectivity index (χ4v) is 2.17. The predicted octanol–water partition coefficient (Wildman–Crippen LogP) is 2.93. The molecule has 0 N–H and O–H groups in total. The van der Waals surface area contributed by atoms with Crippen LogP contribution in [0.5, 0.6) is 0 Å². The average molecular weight is 246 g/mol. The van der Waals surface area contributed by atoms with Crippen LogP contribution in [0.15, 0.2) is 18.2 Å². The molecule has 0 atom stereocenters. The van der Waals surface area contributed by atoms with Gasteiger partial charge in [0.1, 0.15) is 5.82 Å². The number of para-hydroxylation sites is 1. The standard InChI is InChI=1S/C14H18N2O2/c1-4-9-16-10(3)15-12-8-6-7-11(13(12)16)14(17)18-5-2/h6-8H,4-5,9H2,1-3H3. The van der Waals surface area contributed by atoms with Gasteiger partial charge in [0.05, 0.1) is 23.2 Å². The van der Waals surface area contributed by atoms with Gasteiger partial charge in [-0.15, -0.1) is 0 Å². The zero-order valence-corrected chi connectivity index (χ0v) is 11.1. The third kappa shape index (κ3) is 2.10. The van der Waals surface area contributed by atoms with E-state index in [-0.39, 0.29) is 5.97 Å². The number of benzene rings is 1. The van der Waals surface area contributed by atoms with Crippen molar-refractivity contribution in [2.45, 2.75) is 33.7 Å². The van der Waals surface area contributed by atoms with Gasteiger partial charge in [-0.05, 0) is 32.4 Å². The highest BCUT2D eigenvalue weighted by Crippen LogP contribution is 2.21. The number of nitrogens with zero attached hydrogens (tertiary/aromatic N) is 2. The van der Waals surface area contributed by atoms with Gasteiger partial charge in [0.2, 0.25) is 0 Å². The topological polar surface area (TPSA) is 44.1 Å². The molecule has 4 heteroatoms. The second-order valence-electron chi connectivity index (χ2n) is 4.20. The van der Waals surface area contributed by atoms with Crippen LogP contribution in [-0.4, -0.2) is 22.1 Å². The number of rotatable bonds is 4. The van der Waals surface area contributed by atoms with E-state index >= 15 is 0 Å². The lowest BCUT2D eigenvalue weighted by molar-refractivity contribution is 0.0528. The maximum atomic E-state index is 12.0. The normalized spacial score (nSPS) is 10.8. The number of aryl methyl sites for hydroxylation is 2. The number of fused-ring (bicyclic) bond motifs is 1. The fraction of sp³-hybridized carbons (Fsp3) is 0.429. The van der Waals surface area contributed by atoms with Gasteiger partial charge in [-0.25, -0.2) is 9.78 Å². The smallest absolute Gasteiger partial charge is 0.340 e. The van der Waals surface area contributed by atoms with Crippen molar-refractivity contribution < 1.29 is 9.53 Å². The average Bonchev–Trinajstić information content (AvgIpc) is 2.66. The number of ether oxygens (including phenoxy) is 1. The van der Waals surface area contributed by atoms with E-state index in [2.05, 4.69) is 16.5 Å². The molecule has 1 heterocycles. The van der Waals surface area contributed by atoms with Gasteiger partial charge < -0.3 is 9.30 Å². The molecular weight excluding hydrogens is 228 g/mol. The van der Waals surface area contributed by atoms with Crippen molar-refractivity contribution in [3.63, 3.8) is 0 Å². The van der Waals surface area contributed by atoms with Crippen molar-refractivity contribution in [1.29, 1.82) is 0 Å². The molecule has 0 radical (unpaired) electrons. The monoisotopic (exact) mass is 246 g/mol. The van der Waals surface area contributed by atoms with Crippen molar-refractivity contribution in [2.24, 2.45) is 0 Å². The maximum absolute atomic E-state index is 12.0. The van der Waals surface area contributed by atoms with Crippen LogP contribution < -0.4 is 0 Å². The Bertz CT molecular complexity index is 572. The molecule has 0 amide bonds. The van der Waals surface area contributed by atoms with E-state index in [0.29, 0.717) is 12.2 Å². The maximum Gasteiger partial charge on any atom is 0.340 e. The van der Waals surface area contributed by atoms with Crippen molar-refractivity contribution in [3.05, 3.63) is 29.6 Å². The minimum atomic E-state index is -0.277.